The molecule has 0 nitrogen and oxygen atoms in total. The molecule has 0 aliphatic heterocycles. The Labute approximate surface area is 80.4 Å². The van der Waals surface area contributed by atoms with Crippen molar-refractivity contribution in [1.29, 1.82) is 0 Å². The molecule has 8 heavy (non-hydrogen) atoms. The van der Waals surface area contributed by atoms with Gasteiger partial charge in [-0.25, -0.2) is 0 Å². The monoisotopic (exact) mass is 164 g/mol. The van der Waals surface area contributed by atoms with E-state index in [9.17, 15) is 0 Å². The predicted molar refractivity (Wildman–Crippen MR) is 46.7 cm³/mol. The maximum Gasteiger partial charge on any atom is 0.0379 e. The second kappa shape index (κ2) is 1.99. The first-order chi connectivity index (χ1) is 10.8. The maximum absolute atomic E-state index is 7.60. The van der Waals surface area contributed by atoms with Crippen molar-refractivity contribution in [2.45, 2.75) is 38.9 Å². The number of rotatable bonds is 1. The third-order valence-corrected chi connectivity index (χ3v) is 5.06. The van der Waals surface area contributed by atoms with Gasteiger partial charge in [0.25, 0.3) is 0 Å². The summed E-state index contributed by atoms with van der Waals surface area (Å²) in [6.07, 6.45) is 0. The van der Waals surface area contributed by atoms with Crippen molar-refractivity contribution in [2.24, 2.45) is 0 Å². The van der Waals surface area contributed by atoms with Crippen LogP contribution in [0.25, 0.3) is 0 Å². The summed E-state index contributed by atoms with van der Waals surface area (Å²) >= 11 is 0. The molecule has 0 bridgehead atoms. The van der Waals surface area contributed by atoms with E-state index < -0.39 is 54.0 Å². The summed E-state index contributed by atoms with van der Waals surface area (Å²) in [5.41, 5.74) is 0. The van der Waals surface area contributed by atoms with Crippen molar-refractivity contribution in [3.63, 3.8) is 0 Å². The number of hydrogen-bond acceptors (Lipinski definition) is 0. The van der Waals surface area contributed by atoms with Gasteiger partial charge in [0.2, 0.25) is 0 Å². The molecule has 0 fully saturated rings. The fraction of sp³-hybridized carbons (Fsp3) is 1.00. The van der Waals surface area contributed by atoms with Crippen LogP contribution in [0.1, 0.15) is 24.7 Å². The first-order valence-corrected chi connectivity index (χ1v) is 6.75. The molecule has 0 aliphatic rings. The molecular weight excluding hydrogens is 128 g/mol. The van der Waals surface area contributed by atoms with Crippen molar-refractivity contribution in [3.05, 3.63) is 0 Å². The van der Waals surface area contributed by atoms with Crippen LogP contribution < -0.4 is 0 Å². The molecule has 0 spiro atoms. The molecule has 0 aromatic rings. The van der Waals surface area contributed by atoms with Crippen molar-refractivity contribution in [1.82, 2.24) is 0 Å². The molecule has 0 unspecified atom stereocenters. The van der Waals surface area contributed by atoms with Gasteiger partial charge in [-0.2, -0.15) is 0 Å². The number of hydrogen-bond donors (Lipinski definition) is 0. The molecule has 0 saturated heterocycles. The van der Waals surface area contributed by atoms with E-state index in [1.165, 1.54) is 0 Å². The van der Waals surface area contributed by atoms with Crippen molar-refractivity contribution in [3.8, 4) is 0 Å². The Morgan fingerprint density at radius 2 is 1.00 bits per heavy atom. The summed E-state index contributed by atoms with van der Waals surface area (Å²) in [5.74, 6) is 0. The second-order valence-corrected chi connectivity index (χ2v) is 9.00. The molecule has 2 heteroatoms. The molecule has 50 valence electrons. The van der Waals surface area contributed by atoms with Gasteiger partial charge in [0.05, 0.1) is 0 Å². The average Bonchev–Trinajstić information content (AvgIpc) is 2.12. The predicted octanol–water partition coefficient (Wildman–Crippen LogP) is 2.74. The molecule has 0 heterocycles. The molecule has 0 aliphatic carbocycles. The Morgan fingerprint density at radius 1 is 0.750 bits per heavy atom. The molecule has 0 rings (SSSR count). The minimum atomic E-state index is -6.63. The Kier molecular flexibility index (Phi) is 0.179. The summed E-state index contributed by atoms with van der Waals surface area (Å²) < 4.78 is 137. The Morgan fingerprint density at radius 3 is 1.12 bits per heavy atom. The van der Waals surface area contributed by atoms with E-state index in [4.69, 9.17) is 24.7 Å². The van der Waals surface area contributed by atoms with Crippen LogP contribution in [0.15, 0.2) is 0 Å². The lowest BCUT2D eigenvalue weighted by atomic mass is 11.8. The van der Waals surface area contributed by atoms with E-state index in [-0.39, 0.29) is 0 Å². The summed E-state index contributed by atoms with van der Waals surface area (Å²) in [5, 5.41) is 0. The van der Waals surface area contributed by atoms with Gasteiger partial charge in [-0.15, -0.1) is 0 Å². The first kappa shape index (κ1) is 0.720. The van der Waals surface area contributed by atoms with Gasteiger partial charge in [0, 0.05) is 39.9 Å². The highest BCUT2D eigenvalue weighted by atomic mass is 29.3. The lowest BCUT2D eigenvalue weighted by molar-refractivity contribution is 1.71. The molecule has 0 N–H and O–H groups in total. The topological polar surface area (TPSA) is 0 Å². The SMILES string of the molecule is [2H]C([2H])([2H])[Si](C([2H])([2H])[2H])(C([2H])([2H])[2H])[Si](C([2H])([2H])[2H])(C([2H])([2H])[2H])C([2H])([2H])[2H]. The van der Waals surface area contributed by atoms with Gasteiger partial charge in [-0.1, -0.05) is 38.9 Å². The van der Waals surface area contributed by atoms with E-state index in [2.05, 4.69) is 0 Å². The fourth-order valence-corrected chi connectivity index (χ4v) is 0. The second-order valence-electron chi connectivity index (χ2n) is 1.50. The van der Waals surface area contributed by atoms with E-state index in [0.717, 1.165) is 0 Å². The average molecular weight is 164 g/mol. The summed E-state index contributed by atoms with van der Waals surface area (Å²) in [7, 11) is -13.3. The third kappa shape index (κ3) is 2.13. The molecule has 0 amide bonds. The zero-order valence-corrected chi connectivity index (χ0v) is 6.00. The zero-order valence-electron chi connectivity index (χ0n) is 22.0. The van der Waals surface area contributed by atoms with Gasteiger partial charge >= 0.3 is 0 Å². The standard InChI is InChI=1S/C6H18Si2/c1-7(2,3)8(4,5)6/h1-6H3/i1D3,2D3,3D3,4D3,5D3,6D3. The van der Waals surface area contributed by atoms with E-state index >= 15 is 0 Å². The maximum atomic E-state index is 7.60. The lowest BCUT2D eigenvalue weighted by Gasteiger charge is -2.30. The van der Waals surface area contributed by atoms with E-state index in [1.807, 2.05) is 0 Å². The summed E-state index contributed by atoms with van der Waals surface area (Å²) in [6.45, 7) is -24.7. The molecule has 0 saturated carbocycles. The zero-order chi connectivity index (χ0) is 22.0. The van der Waals surface area contributed by atoms with Crippen LogP contribution in [0.5, 0.6) is 0 Å². The van der Waals surface area contributed by atoms with Crippen LogP contribution in [0, 0.1) is 0 Å². The molecule has 0 aromatic heterocycles. The molecule has 0 radical (unpaired) electrons. The van der Waals surface area contributed by atoms with E-state index in [0.29, 0.717) is 0 Å². The minimum absolute atomic E-state index is 4.12. The quantitative estimate of drug-likeness (QED) is 0.523. The highest BCUT2D eigenvalue weighted by Gasteiger charge is 2.31. The Hall–Kier alpha value is 0.434. The van der Waals surface area contributed by atoms with Crippen LogP contribution in [-0.2, 0) is 0 Å². The Bertz CT molecular complexity index is 385. The van der Waals surface area contributed by atoms with Crippen molar-refractivity contribution in [2.75, 3.05) is 0 Å². The van der Waals surface area contributed by atoms with Gasteiger partial charge in [-0.05, 0) is 0 Å². The van der Waals surface area contributed by atoms with Crippen LogP contribution in [0.4, 0.5) is 0 Å². The smallest absolute Gasteiger partial charge is 0.0379 e. The molecule has 0 aromatic carbocycles. The molecule has 0 atom stereocenters. The third-order valence-electron chi connectivity index (χ3n) is 0.562. The highest BCUT2D eigenvalue weighted by molar-refractivity contribution is 7.39. The van der Waals surface area contributed by atoms with E-state index in [1.54, 1.807) is 0 Å². The minimum Gasteiger partial charge on any atom is -0.0715 e. The Balaban J connectivity index is 8.17. The van der Waals surface area contributed by atoms with Crippen molar-refractivity contribution >= 4 is 15.2 Å². The highest BCUT2D eigenvalue weighted by Crippen LogP contribution is 2.16. The van der Waals surface area contributed by atoms with Crippen LogP contribution in [-0.4, -0.2) is 15.2 Å². The lowest BCUT2D eigenvalue weighted by Crippen LogP contribution is -2.49. The molecular formula is C6H18Si2. The van der Waals surface area contributed by atoms with Gasteiger partial charge in [-0.3, -0.25) is 0 Å². The van der Waals surface area contributed by atoms with Crippen LogP contribution in [0.2, 0.25) is 38.9 Å². The fourth-order valence-electron chi connectivity index (χ4n) is 0. The largest absolute Gasteiger partial charge is 0.0715 e. The first-order valence-electron chi connectivity index (χ1n) is 10.8. The summed E-state index contributed by atoms with van der Waals surface area (Å²) in [4.78, 5) is 0. The van der Waals surface area contributed by atoms with Gasteiger partial charge in [0.1, 0.15) is 0 Å². The van der Waals surface area contributed by atoms with Crippen LogP contribution >= 0.6 is 0 Å². The van der Waals surface area contributed by atoms with Gasteiger partial charge in [0.15, 0.2) is 0 Å². The van der Waals surface area contributed by atoms with Crippen molar-refractivity contribution < 1.29 is 24.7 Å². The summed E-state index contributed by atoms with van der Waals surface area (Å²) in [6, 6.07) is 0. The normalized spacial score (nSPS) is 57.0. The van der Waals surface area contributed by atoms with Gasteiger partial charge < -0.3 is 0 Å². The van der Waals surface area contributed by atoms with Crippen LogP contribution in [0.3, 0.4) is 0 Å².